The summed E-state index contributed by atoms with van der Waals surface area (Å²) in [6.07, 6.45) is 2.30. The SMILES string of the molecule is Cc1ccc(S(=O)(=O)N[C@H](C)CCCC2OCCO2)cc1. The van der Waals surface area contributed by atoms with Crippen LogP contribution in [0.15, 0.2) is 29.2 Å². The number of ether oxygens (including phenoxy) is 2. The summed E-state index contributed by atoms with van der Waals surface area (Å²) in [5.41, 5.74) is 1.04. The molecule has 0 radical (unpaired) electrons. The molecule has 1 aromatic carbocycles. The lowest BCUT2D eigenvalue weighted by Crippen LogP contribution is -2.32. The van der Waals surface area contributed by atoms with E-state index in [0.717, 1.165) is 24.8 Å². The first-order valence-corrected chi connectivity index (χ1v) is 8.78. The second-order valence-corrected chi connectivity index (χ2v) is 7.15. The minimum Gasteiger partial charge on any atom is -0.350 e. The molecule has 2 rings (SSSR count). The second kappa shape index (κ2) is 7.35. The molecule has 1 fully saturated rings. The van der Waals surface area contributed by atoms with Gasteiger partial charge in [0.2, 0.25) is 10.0 Å². The smallest absolute Gasteiger partial charge is 0.240 e. The Morgan fingerprint density at radius 2 is 1.86 bits per heavy atom. The Morgan fingerprint density at radius 1 is 1.24 bits per heavy atom. The predicted molar refractivity (Wildman–Crippen MR) is 80.5 cm³/mol. The van der Waals surface area contributed by atoms with Crippen LogP contribution in [-0.2, 0) is 19.5 Å². The summed E-state index contributed by atoms with van der Waals surface area (Å²) < 4.78 is 37.8. The minimum absolute atomic E-state index is 0.113. The molecule has 1 aliphatic heterocycles. The van der Waals surface area contributed by atoms with Crippen LogP contribution in [0, 0.1) is 6.92 Å². The molecule has 1 aromatic rings. The summed E-state index contributed by atoms with van der Waals surface area (Å²) in [6.45, 7) is 5.11. The Kier molecular flexibility index (Phi) is 5.75. The van der Waals surface area contributed by atoms with Gasteiger partial charge in [0.25, 0.3) is 0 Å². The van der Waals surface area contributed by atoms with Gasteiger partial charge in [-0.2, -0.15) is 0 Å². The fraction of sp³-hybridized carbons (Fsp3) is 0.600. The topological polar surface area (TPSA) is 64.6 Å². The van der Waals surface area contributed by atoms with E-state index in [0.29, 0.717) is 18.1 Å². The molecule has 0 aromatic heterocycles. The van der Waals surface area contributed by atoms with Crippen LogP contribution < -0.4 is 4.72 Å². The molecule has 1 aliphatic rings. The van der Waals surface area contributed by atoms with Gasteiger partial charge in [0, 0.05) is 6.04 Å². The van der Waals surface area contributed by atoms with Gasteiger partial charge < -0.3 is 9.47 Å². The maximum absolute atomic E-state index is 12.2. The molecule has 118 valence electrons. The maximum Gasteiger partial charge on any atom is 0.240 e. The monoisotopic (exact) mass is 313 g/mol. The highest BCUT2D eigenvalue weighted by Crippen LogP contribution is 2.15. The van der Waals surface area contributed by atoms with E-state index >= 15 is 0 Å². The molecule has 6 heteroatoms. The van der Waals surface area contributed by atoms with Crippen molar-refractivity contribution in [3.05, 3.63) is 29.8 Å². The quantitative estimate of drug-likeness (QED) is 0.838. The number of nitrogens with one attached hydrogen (secondary N) is 1. The molecule has 1 heterocycles. The van der Waals surface area contributed by atoms with Crippen molar-refractivity contribution in [1.29, 1.82) is 0 Å². The molecule has 0 spiro atoms. The van der Waals surface area contributed by atoms with Crippen molar-refractivity contribution in [3.8, 4) is 0 Å². The molecule has 1 N–H and O–H groups in total. The Morgan fingerprint density at radius 3 is 2.48 bits per heavy atom. The van der Waals surface area contributed by atoms with Crippen molar-refractivity contribution in [1.82, 2.24) is 4.72 Å². The van der Waals surface area contributed by atoms with Crippen LogP contribution in [0.25, 0.3) is 0 Å². The van der Waals surface area contributed by atoms with E-state index in [9.17, 15) is 8.42 Å². The first-order chi connectivity index (χ1) is 9.97. The van der Waals surface area contributed by atoms with Crippen molar-refractivity contribution < 1.29 is 17.9 Å². The number of hydrogen-bond acceptors (Lipinski definition) is 4. The van der Waals surface area contributed by atoms with Gasteiger partial charge in [0.15, 0.2) is 6.29 Å². The Hall–Kier alpha value is -0.950. The van der Waals surface area contributed by atoms with E-state index in [-0.39, 0.29) is 12.3 Å². The maximum atomic E-state index is 12.2. The second-order valence-electron chi connectivity index (χ2n) is 5.44. The summed E-state index contributed by atoms with van der Waals surface area (Å²) in [5.74, 6) is 0. The van der Waals surface area contributed by atoms with E-state index in [1.807, 2.05) is 13.8 Å². The third-order valence-corrected chi connectivity index (χ3v) is 5.06. The first kappa shape index (κ1) is 16.4. The molecule has 5 nitrogen and oxygen atoms in total. The Bertz CT molecular complexity index is 535. The van der Waals surface area contributed by atoms with E-state index in [1.165, 1.54) is 0 Å². The van der Waals surface area contributed by atoms with Crippen molar-refractivity contribution >= 4 is 10.0 Å². The number of hydrogen-bond donors (Lipinski definition) is 1. The summed E-state index contributed by atoms with van der Waals surface area (Å²) in [4.78, 5) is 0.308. The summed E-state index contributed by atoms with van der Waals surface area (Å²) in [7, 11) is -3.44. The normalized spacial score (nSPS) is 18.0. The number of rotatable bonds is 7. The fourth-order valence-electron chi connectivity index (χ4n) is 2.27. The molecule has 1 atom stereocenters. The lowest BCUT2D eigenvalue weighted by Gasteiger charge is -2.15. The molecule has 1 saturated heterocycles. The van der Waals surface area contributed by atoms with E-state index in [4.69, 9.17) is 9.47 Å². The van der Waals surface area contributed by atoms with E-state index in [2.05, 4.69) is 4.72 Å². The van der Waals surface area contributed by atoms with Crippen LogP contribution in [0.2, 0.25) is 0 Å². The highest BCUT2D eigenvalue weighted by Gasteiger charge is 2.19. The zero-order valence-electron chi connectivity index (χ0n) is 12.5. The van der Waals surface area contributed by atoms with Gasteiger partial charge in [-0.1, -0.05) is 17.7 Å². The van der Waals surface area contributed by atoms with Gasteiger partial charge in [-0.05, 0) is 45.2 Å². The van der Waals surface area contributed by atoms with Gasteiger partial charge in [-0.15, -0.1) is 0 Å². The van der Waals surface area contributed by atoms with Crippen LogP contribution in [0.3, 0.4) is 0 Å². The third-order valence-electron chi connectivity index (χ3n) is 3.46. The van der Waals surface area contributed by atoms with Crippen LogP contribution in [0.1, 0.15) is 31.7 Å². The predicted octanol–water partition coefficient (Wildman–Crippen LogP) is 2.21. The lowest BCUT2D eigenvalue weighted by molar-refractivity contribution is -0.0481. The van der Waals surface area contributed by atoms with Gasteiger partial charge in [-0.25, -0.2) is 13.1 Å². The van der Waals surface area contributed by atoms with Gasteiger partial charge in [0.05, 0.1) is 18.1 Å². The van der Waals surface area contributed by atoms with Gasteiger partial charge in [-0.3, -0.25) is 0 Å². The average molecular weight is 313 g/mol. The van der Waals surface area contributed by atoms with Crippen molar-refractivity contribution in [3.63, 3.8) is 0 Å². The highest BCUT2D eigenvalue weighted by atomic mass is 32.2. The summed E-state index contributed by atoms with van der Waals surface area (Å²) >= 11 is 0. The molecular weight excluding hydrogens is 290 g/mol. The van der Waals surface area contributed by atoms with Crippen LogP contribution in [-0.4, -0.2) is 34.0 Å². The van der Waals surface area contributed by atoms with Crippen LogP contribution >= 0.6 is 0 Å². The molecule has 0 amide bonds. The minimum atomic E-state index is -3.44. The summed E-state index contributed by atoms with van der Waals surface area (Å²) in [5, 5.41) is 0. The zero-order chi connectivity index (χ0) is 15.3. The standard InChI is InChI=1S/C15H23NO4S/c1-12-6-8-14(9-7-12)21(17,18)16-13(2)4-3-5-15-19-10-11-20-15/h6-9,13,15-16H,3-5,10-11H2,1-2H3/t13-/m1/s1. The zero-order valence-corrected chi connectivity index (χ0v) is 13.4. The Labute approximate surface area is 126 Å². The molecule has 21 heavy (non-hydrogen) atoms. The first-order valence-electron chi connectivity index (χ1n) is 7.29. The molecule has 0 bridgehead atoms. The number of benzene rings is 1. The van der Waals surface area contributed by atoms with E-state index < -0.39 is 10.0 Å². The number of sulfonamides is 1. The van der Waals surface area contributed by atoms with E-state index in [1.54, 1.807) is 24.3 Å². The van der Waals surface area contributed by atoms with Crippen LogP contribution in [0.5, 0.6) is 0 Å². The highest BCUT2D eigenvalue weighted by molar-refractivity contribution is 7.89. The largest absolute Gasteiger partial charge is 0.350 e. The van der Waals surface area contributed by atoms with Crippen LogP contribution in [0.4, 0.5) is 0 Å². The molecular formula is C15H23NO4S. The lowest BCUT2D eigenvalue weighted by atomic mass is 10.1. The average Bonchev–Trinajstić information content (AvgIpc) is 2.92. The Balaban J connectivity index is 1.80. The molecule has 0 saturated carbocycles. The number of aryl methyl sites for hydroxylation is 1. The summed E-state index contributed by atoms with van der Waals surface area (Å²) in [6, 6.07) is 6.75. The molecule has 0 unspecified atom stereocenters. The molecule has 0 aliphatic carbocycles. The van der Waals surface area contributed by atoms with Crippen molar-refractivity contribution in [2.75, 3.05) is 13.2 Å². The van der Waals surface area contributed by atoms with Gasteiger partial charge >= 0.3 is 0 Å². The van der Waals surface area contributed by atoms with Crippen molar-refractivity contribution in [2.24, 2.45) is 0 Å². The van der Waals surface area contributed by atoms with Gasteiger partial charge in [0.1, 0.15) is 0 Å². The van der Waals surface area contributed by atoms with Crippen molar-refractivity contribution in [2.45, 2.75) is 50.3 Å². The fourth-order valence-corrected chi connectivity index (χ4v) is 3.55. The third kappa shape index (κ3) is 5.07.